The number of pyridine rings is 1. The number of methoxy groups -OCH3 is 1. The maximum absolute atomic E-state index is 11.3. The first-order valence-electron chi connectivity index (χ1n) is 5.48. The molecule has 0 bridgehead atoms. The number of hydrogen-bond acceptors (Lipinski definition) is 4. The predicted octanol–water partition coefficient (Wildman–Crippen LogP) is 3.44. The van der Waals surface area contributed by atoms with E-state index in [4.69, 9.17) is 4.74 Å². The first-order chi connectivity index (χ1) is 8.70. The van der Waals surface area contributed by atoms with Crippen molar-refractivity contribution in [3.05, 3.63) is 48.2 Å². The molecule has 0 fully saturated rings. The van der Waals surface area contributed by atoms with Crippen molar-refractivity contribution in [1.82, 2.24) is 4.98 Å². The summed E-state index contributed by atoms with van der Waals surface area (Å²) in [5.74, 6) is 0.844. The average molecular weight is 259 g/mol. The fourth-order valence-corrected chi connectivity index (χ4v) is 2.42. The number of Topliss-reactive ketones (excluding diaryl/α,β-unsaturated/α-hetero) is 1. The topological polar surface area (TPSA) is 39.2 Å². The van der Waals surface area contributed by atoms with Gasteiger partial charge in [0, 0.05) is 11.8 Å². The quantitative estimate of drug-likeness (QED) is 0.788. The molecule has 0 N–H and O–H groups in total. The highest BCUT2D eigenvalue weighted by Crippen LogP contribution is 2.33. The van der Waals surface area contributed by atoms with Gasteiger partial charge in [-0.3, -0.25) is 4.79 Å². The van der Waals surface area contributed by atoms with Gasteiger partial charge in [0.15, 0.2) is 5.78 Å². The summed E-state index contributed by atoms with van der Waals surface area (Å²) in [6, 6.07) is 11.2. The van der Waals surface area contributed by atoms with Gasteiger partial charge in [-0.05, 0) is 31.2 Å². The van der Waals surface area contributed by atoms with Gasteiger partial charge in [0.25, 0.3) is 0 Å². The van der Waals surface area contributed by atoms with Gasteiger partial charge in [0.1, 0.15) is 10.8 Å². The van der Waals surface area contributed by atoms with E-state index in [1.807, 2.05) is 24.3 Å². The molecule has 0 aliphatic heterocycles. The van der Waals surface area contributed by atoms with E-state index < -0.39 is 0 Å². The van der Waals surface area contributed by atoms with E-state index in [0.717, 1.165) is 15.7 Å². The number of hydrogen-bond donors (Lipinski definition) is 0. The van der Waals surface area contributed by atoms with Crippen LogP contribution in [-0.4, -0.2) is 17.9 Å². The molecule has 3 nitrogen and oxygen atoms in total. The summed E-state index contributed by atoms with van der Waals surface area (Å²) in [5.41, 5.74) is 0.669. The molecule has 4 heteroatoms. The second-order valence-corrected chi connectivity index (χ2v) is 4.75. The summed E-state index contributed by atoms with van der Waals surface area (Å²) in [6.45, 7) is 1.55. The first kappa shape index (κ1) is 12.6. The normalized spacial score (nSPS) is 10.1. The highest BCUT2D eigenvalue weighted by Gasteiger charge is 2.07. The zero-order valence-corrected chi connectivity index (χ0v) is 11.0. The lowest BCUT2D eigenvalue weighted by molar-refractivity contribution is 0.101. The van der Waals surface area contributed by atoms with Crippen molar-refractivity contribution in [2.45, 2.75) is 16.8 Å². The molecule has 18 heavy (non-hydrogen) atoms. The molecule has 0 unspecified atom stereocenters. The third kappa shape index (κ3) is 2.90. The van der Waals surface area contributed by atoms with Crippen molar-refractivity contribution in [2.75, 3.05) is 7.11 Å². The molecule has 0 atom stereocenters. The monoisotopic (exact) mass is 259 g/mol. The maximum atomic E-state index is 11.3. The van der Waals surface area contributed by atoms with Crippen LogP contribution in [0.5, 0.6) is 5.75 Å². The van der Waals surface area contributed by atoms with E-state index in [1.54, 1.807) is 32.4 Å². The smallest absolute Gasteiger partial charge is 0.159 e. The summed E-state index contributed by atoms with van der Waals surface area (Å²) in [7, 11) is 1.64. The third-order valence-electron chi connectivity index (χ3n) is 2.42. The van der Waals surface area contributed by atoms with E-state index in [0.29, 0.717) is 5.56 Å². The molecule has 2 rings (SSSR count). The van der Waals surface area contributed by atoms with Crippen LogP contribution in [-0.2, 0) is 0 Å². The van der Waals surface area contributed by atoms with Gasteiger partial charge in [-0.25, -0.2) is 4.98 Å². The lowest BCUT2D eigenvalue weighted by atomic mass is 10.2. The summed E-state index contributed by atoms with van der Waals surface area (Å²) >= 11 is 1.48. The maximum Gasteiger partial charge on any atom is 0.159 e. The molecule has 0 aliphatic rings. The molecule has 1 aromatic heterocycles. The third-order valence-corrected chi connectivity index (χ3v) is 3.41. The standard InChI is InChI=1S/C14H13NO2S/c1-10(16)11-7-8-15-14(9-11)18-13-6-4-3-5-12(13)17-2/h3-9H,1-2H3. The van der Waals surface area contributed by atoms with E-state index in [9.17, 15) is 4.79 Å². The molecule has 0 aliphatic carbocycles. The number of para-hydroxylation sites is 1. The molecule has 0 spiro atoms. The second-order valence-electron chi connectivity index (χ2n) is 3.69. The molecule has 1 aromatic carbocycles. The Morgan fingerprint density at radius 1 is 1.28 bits per heavy atom. The number of benzene rings is 1. The van der Waals surface area contributed by atoms with Gasteiger partial charge in [-0.2, -0.15) is 0 Å². The molecule has 92 valence electrons. The second kappa shape index (κ2) is 5.69. The van der Waals surface area contributed by atoms with Crippen LogP contribution in [0, 0.1) is 0 Å². The molecular weight excluding hydrogens is 246 g/mol. The molecular formula is C14H13NO2S. The summed E-state index contributed by atoms with van der Waals surface area (Å²) in [6.07, 6.45) is 1.65. The van der Waals surface area contributed by atoms with Crippen molar-refractivity contribution < 1.29 is 9.53 Å². The number of carbonyl (C=O) groups excluding carboxylic acids is 1. The largest absolute Gasteiger partial charge is 0.496 e. The summed E-state index contributed by atoms with van der Waals surface area (Å²) in [4.78, 5) is 16.5. The van der Waals surface area contributed by atoms with E-state index in [-0.39, 0.29) is 5.78 Å². The van der Waals surface area contributed by atoms with Crippen molar-refractivity contribution in [3.63, 3.8) is 0 Å². The van der Waals surface area contributed by atoms with Gasteiger partial charge < -0.3 is 4.74 Å². The molecule has 0 saturated carbocycles. The fraction of sp³-hybridized carbons (Fsp3) is 0.143. The van der Waals surface area contributed by atoms with Crippen LogP contribution >= 0.6 is 11.8 Å². The Morgan fingerprint density at radius 2 is 2.06 bits per heavy atom. The lowest BCUT2D eigenvalue weighted by Gasteiger charge is -2.07. The van der Waals surface area contributed by atoms with Crippen molar-refractivity contribution >= 4 is 17.5 Å². The van der Waals surface area contributed by atoms with Gasteiger partial charge in [-0.1, -0.05) is 23.9 Å². The minimum absolute atomic E-state index is 0.0410. The highest BCUT2D eigenvalue weighted by atomic mass is 32.2. The number of nitrogens with zero attached hydrogens (tertiary/aromatic N) is 1. The fourth-order valence-electron chi connectivity index (χ4n) is 1.50. The number of rotatable bonds is 4. The number of aromatic nitrogens is 1. The Labute approximate surface area is 110 Å². The van der Waals surface area contributed by atoms with E-state index in [2.05, 4.69) is 4.98 Å². The van der Waals surface area contributed by atoms with Crippen molar-refractivity contribution in [2.24, 2.45) is 0 Å². The molecule has 0 radical (unpaired) electrons. The van der Waals surface area contributed by atoms with Crippen LogP contribution in [0.4, 0.5) is 0 Å². The average Bonchev–Trinajstić information content (AvgIpc) is 2.39. The van der Waals surface area contributed by atoms with Gasteiger partial charge >= 0.3 is 0 Å². The predicted molar refractivity (Wildman–Crippen MR) is 71.4 cm³/mol. The summed E-state index contributed by atoms with van der Waals surface area (Å²) < 4.78 is 5.28. The van der Waals surface area contributed by atoms with E-state index >= 15 is 0 Å². The van der Waals surface area contributed by atoms with Gasteiger partial charge in [0.05, 0.1) is 12.0 Å². The zero-order chi connectivity index (χ0) is 13.0. The van der Waals surface area contributed by atoms with Crippen molar-refractivity contribution in [3.8, 4) is 5.75 Å². The van der Waals surface area contributed by atoms with Gasteiger partial charge in [0.2, 0.25) is 0 Å². The molecule has 0 amide bonds. The van der Waals surface area contributed by atoms with Gasteiger partial charge in [-0.15, -0.1) is 0 Å². The van der Waals surface area contributed by atoms with E-state index in [1.165, 1.54) is 11.8 Å². The Morgan fingerprint density at radius 3 is 2.78 bits per heavy atom. The lowest BCUT2D eigenvalue weighted by Crippen LogP contribution is -1.93. The number of carbonyl (C=O) groups is 1. The number of ether oxygens (including phenoxy) is 1. The Bertz CT molecular complexity index is 569. The van der Waals surface area contributed by atoms with Crippen LogP contribution < -0.4 is 4.74 Å². The minimum Gasteiger partial charge on any atom is -0.496 e. The minimum atomic E-state index is 0.0410. The van der Waals surface area contributed by atoms with Crippen LogP contribution in [0.15, 0.2) is 52.5 Å². The molecule has 0 saturated heterocycles. The van der Waals surface area contributed by atoms with Crippen molar-refractivity contribution in [1.29, 1.82) is 0 Å². The van der Waals surface area contributed by atoms with Crippen LogP contribution in [0.2, 0.25) is 0 Å². The number of ketones is 1. The first-order valence-corrected chi connectivity index (χ1v) is 6.30. The van der Waals surface area contributed by atoms with Crippen LogP contribution in [0.25, 0.3) is 0 Å². The summed E-state index contributed by atoms with van der Waals surface area (Å²) in [5, 5.41) is 0.784. The molecule has 2 aromatic rings. The van der Waals surface area contributed by atoms with Crippen LogP contribution in [0.3, 0.4) is 0 Å². The zero-order valence-electron chi connectivity index (χ0n) is 10.2. The Kier molecular flexibility index (Phi) is 3.99. The SMILES string of the molecule is COc1ccccc1Sc1cc(C(C)=O)ccn1. The highest BCUT2D eigenvalue weighted by molar-refractivity contribution is 7.99. The van der Waals surface area contributed by atoms with Crippen LogP contribution in [0.1, 0.15) is 17.3 Å². The molecule has 1 heterocycles. The Balaban J connectivity index is 2.28. The Hall–Kier alpha value is -1.81.